The summed E-state index contributed by atoms with van der Waals surface area (Å²) >= 11 is 1.47. The third-order valence-electron chi connectivity index (χ3n) is 14.9. The van der Waals surface area contributed by atoms with Crippen LogP contribution in [-0.4, -0.2) is 109 Å². The Bertz CT molecular complexity index is 2990. The van der Waals surface area contributed by atoms with E-state index in [1.54, 1.807) is 37.5 Å². The molecule has 71 heavy (non-hydrogen) atoms. The Labute approximate surface area is 415 Å². The summed E-state index contributed by atoms with van der Waals surface area (Å²) < 4.78 is 44.0. The normalized spacial score (nSPS) is 25.8. The van der Waals surface area contributed by atoms with Gasteiger partial charge in [0, 0.05) is 46.7 Å². The molecule has 7 heterocycles. The first kappa shape index (κ1) is 46.8. The molecule has 2 fully saturated rings. The lowest BCUT2D eigenvalue weighted by atomic mass is 9.73. The average Bonchev–Trinajstić information content (AvgIpc) is 3.87. The van der Waals surface area contributed by atoms with Gasteiger partial charge in [0.1, 0.15) is 18.6 Å². The van der Waals surface area contributed by atoms with Gasteiger partial charge in [-0.05, 0) is 91.4 Å². The second kappa shape index (κ2) is 18.6. The summed E-state index contributed by atoms with van der Waals surface area (Å²) in [6.45, 7) is 3.86. The number of ether oxygens (including phenoxy) is 7. The van der Waals surface area contributed by atoms with Crippen molar-refractivity contribution in [2.24, 2.45) is 0 Å². The highest BCUT2D eigenvalue weighted by molar-refractivity contribution is 7.99. The SMILES string of the molecule is COc1cc2c(cc1O)CCN[C@]21CS[C@@H]2c3c(OC(O)/C=C/c4ccccc4)c(C)c4c(c3[C@H](COC1=O)N1C2[C@@H]2c3c(cc(C)c(OC)c3OC(=O)/C=C/c3ccccc3)C[C@@H]([C@@H]1O)N2C)OCO4. The maximum absolute atomic E-state index is 15.1. The second-order valence-corrected chi connectivity index (χ2v) is 19.9. The van der Waals surface area contributed by atoms with Gasteiger partial charge in [-0.3, -0.25) is 15.1 Å². The van der Waals surface area contributed by atoms with E-state index in [0.29, 0.717) is 64.6 Å². The summed E-state index contributed by atoms with van der Waals surface area (Å²) in [5.41, 5.74) is 5.91. The molecule has 0 saturated carbocycles. The number of piperazine rings is 1. The molecular weight excluding hydrogens is 927 g/mol. The second-order valence-electron chi connectivity index (χ2n) is 18.8. The van der Waals surface area contributed by atoms with Crippen molar-refractivity contribution in [3.8, 4) is 40.2 Å². The topological polar surface area (TPSA) is 178 Å². The molecule has 0 amide bonds. The Morgan fingerprint density at radius 2 is 1.63 bits per heavy atom. The molecule has 15 nitrogen and oxygen atoms in total. The zero-order valence-corrected chi connectivity index (χ0v) is 40.7. The van der Waals surface area contributed by atoms with Gasteiger partial charge in [0.15, 0.2) is 40.0 Å². The van der Waals surface area contributed by atoms with Crippen molar-refractivity contribution in [2.45, 2.75) is 74.2 Å². The molecule has 5 aromatic carbocycles. The molecule has 0 aliphatic carbocycles. The van der Waals surface area contributed by atoms with Crippen molar-refractivity contribution < 1.29 is 58.1 Å². The van der Waals surface area contributed by atoms with Gasteiger partial charge in [-0.2, -0.15) is 0 Å². The molecule has 1 spiro atoms. The number of aryl methyl sites for hydroxylation is 1. The van der Waals surface area contributed by atoms with E-state index in [-0.39, 0.29) is 36.4 Å². The van der Waals surface area contributed by atoms with E-state index in [1.807, 2.05) is 86.5 Å². The van der Waals surface area contributed by atoms with Crippen LogP contribution in [0.2, 0.25) is 0 Å². The van der Waals surface area contributed by atoms with Crippen LogP contribution < -0.4 is 33.7 Å². The van der Waals surface area contributed by atoms with E-state index in [9.17, 15) is 20.1 Å². The highest BCUT2D eigenvalue weighted by Crippen LogP contribution is 2.65. The number of phenolic OH excluding ortho intramolecular Hbond substituents is 1. The largest absolute Gasteiger partial charge is 0.504 e. The summed E-state index contributed by atoms with van der Waals surface area (Å²) in [5, 5.41) is 38.7. The summed E-state index contributed by atoms with van der Waals surface area (Å²) in [7, 11) is 5.00. The number of carbonyl (C=O) groups excluding carboxylic acids is 2. The number of fused-ring (bicyclic) bond motifs is 9. The number of esters is 2. The van der Waals surface area contributed by atoms with Crippen LogP contribution in [0.3, 0.4) is 0 Å². The van der Waals surface area contributed by atoms with Gasteiger partial charge in [-0.15, -0.1) is 11.8 Å². The molecule has 0 radical (unpaired) electrons. The maximum Gasteiger partial charge on any atom is 0.336 e. The van der Waals surface area contributed by atoms with E-state index < -0.39 is 59.4 Å². The van der Waals surface area contributed by atoms with Crippen LogP contribution in [0.4, 0.5) is 0 Å². The van der Waals surface area contributed by atoms with Crippen LogP contribution in [0.5, 0.6) is 40.2 Å². The van der Waals surface area contributed by atoms with Crippen molar-refractivity contribution in [1.82, 2.24) is 15.1 Å². The van der Waals surface area contributed by atoms with Crippen LogP contribution in [0.1, 0.15) is 73.0 Å². The molecule has 16 heteroatoms. The number of aromatic hydroxyl groups is 1. The van der Waals surface area contributed by atoms with Crippen LogP contribution in [0.25, 0.3) is 12.2 Å². The molecule has 7 aliphatic heterocycles. The van der Waals surface area contributed by atoms with E-state index in [2.05, 4.69) is 16.3 Å². The van der Waals surface area contributed by atoms with Gasteiger partial charge in [0.2, 0.25) is 13.1 Å². The Kier molecular flexibility index (Phi) is 12.3. The number of hydrogen-bond donors (Lipinski definition) is 4. The third kappa shape index (κ3) is 7.79. The number of methoxy groups -OCH3 is 2. The minimum absolute atomic E-state index is 0.0384. The smallest absolute Gasteiger partial charge is 0.336 e. The van der Waals surface area contributed by atoms with Gasteiger partial charge < -0.3 is 48.5 Å². The molecule has 2 unspecified atom stereocenters. The average molecular weight is 982 g/mol. The minimum atomic E-state index is -1.43. The summed E-state index contributed by atoms with van der Waals surface area (Å²) in [6, 6.07) is 21.9. The Balaban J connectivity index is 1.13. The molecule has 12 rings (SSSR count). The van der Waals surface area contributed by atoms with Crippen LogP contribution in [0.15, 0.2) is 91.0 Å². The number of aliphatic hydroxyl groups excluding tert-OH is 2. The van der Waals surface area contributed by atoms with Crippen molar-refractivity contribution in [3.05, 3.63) is 147 Å². The first-order valence-electron chi connectivity index (χ1n) is 23.7. The van der Waals surface area contributed by atoms with Crippen LogP contribution in [0, 0.1) is 13.8 Å². The van der Waals surface area contributed by atoms with Gasteiger partial charge >= 0.3 is 11.9 Å². The zero-order valence-electron chi connectivity index (χ0n) is 39.9. The van der Waals surface area contributed by atoms with Crippen molar-refractivity contribution in [3.63, 3.8) is 0 Å². The minimum Gasteiger partial charge on any atom is -0.504 e. The fourth-order valence-corrected chi connectivity index (χ4v) is 13.4. The predicted octanol–water partition coefficient (Wildman–Crippen LogP) is 6.81. The number of rotatable bonds is 9. The lowest BCUT2D eigenvalue weighted by Crippen LogP contribution is -2.70. The Hall–Kier alpha value is -6.53. The molecule has 8 atom stereocenters. The molecule has 2 saturated heterocycles. The summed E-state index contributed by atoms with van der Waals surface area (Å²) in [6.07, 6.45) is 4.85. The van der Waals surface area contributed by atoms with Crippen LogP contribution >= 0.6 is 11.8 Å². The molecule has 4 bridgehead atoms. The van der Waals surface area contributed by atoms with E-state index in [0.717, 1.165) is 33.4 Å². The monoisotopic (exact) mass is 981 g/mol. The van der Waals surface area contributed by atoms with E-state index in [1.165, 1.54) is 24.9 Å². The van der Waals surface area contributed by atoms with Gasteiger partial charge in [-0.1, -0.05) is 72.8 Å². The third-order valence-corrected chi connectivity index (χ3v) is 16.4. The number of nitrogens with zero attached hydrogens (tertiary/aromatic N) is 2. The molecule has 0 aromatic heterocycles. The zero-order chi connectivity index (χ0) is 49.3. The number of carbonyl (C=O) groups is 2. The standard InChI is InChI=1S/C55H55N3O12S/c1-29-22-34-23-36-53(62)58-37-26-66-54(63)55(35-25-39(64-4)38(59)24-33(35)20-21-56-55)27-71-52(44-43(37)50-49(67-28-68-50)30(2)48(44)69-40(60)18-16-31-12-8-6-9-13-31)46(58)45(57(36)3)42(34)51(47(29)65-5)70-41(61)19-17-32-14-10-7-11-15-32/h6-19,22,24-25,36-37,40,45-46,52-53,56,59-60,62H,20-21,23,26-28H2,1-5H3/b18-16+,19-17+/t36-,37-,40?,45-,46?,52+,53-,55+/m0/s1. The quantitative estimate of drug-likeness (QED) is 0.0524. The summed E-state index contributed by atoms with van der Waals surface area (Å²) in [5.74, 6) is 1.03. The fourth-order valence-electron chi connectivity index (χ4n) is 11.7. The van der Waals surface area contributed by atoms with Gasteiger partial charge in [-0.25, -0.2) is 9.59 Å². The molecule has 4 N–H and O–H groups in total. The Morgan fingerprint density at radius 3 is 2.37 bits per heavy atom. The van der Waals surface area contributed by atoms with Crippen molar-refractivity contribution >= 4 is 35.9 Å². The van der Waals surface area contributed by atoms with Gasteiger partial charge in [0.05, 0.1) is 37.6 Å². The number of aliphatic hydroxyl groups is 2. The van der Waals surface area contributed by atoms with E-state index >= 15 is 4.79 Å². The number of hydrogen-bond acceptors (Lipinski definition) is 16. The Morgan fingerprint density at radius 1 is 0.901 bits per heavy atom. The highest BCUT2D eigenvalue weighted by Gasteiger charge is 2.61. The predicted molar refractivity (Wildman–Crippen MR) is 265 cm³/mol. The van der Waals surface area contributed by atoms with E-state index in [4.69, 9.17) is 33.2 Å². The van der Waals surface area contributed by atoms with Crippen molar-refractivity contribution in [1.29, 1.82) is 0 Å². The first-order chi connectivity index (χ1) is 34.4. The first-order valence-corrected chi connectivity index (χ1v) is 24.8. The molecular formula is C55H55N3O12S. The number of nitrogens with one attached hydrogen (secondary N) is 1. The number of thioether (sulfide) groups is 1. The molecule has 7 aliphatic rings. The van der Waals surface area contributed by atoms with Crippen molar-refractivity contribution in [2.75, 3.05) is 47.0 Å². The highest BCUT2D eigenvalue weighted by atomic mass is 32.2. The van der Waals surface area contributed by atoms with Crippen LogP contribution in [-0.2, 0) is 32.7 Å². The number of phenols is 1. The fraction of sp³-hybridized carbons (Fsp3) is 0.345. The summed E-state index contributed by atoms with van der Waals surface area (Å²) in [4.78, 5) is 33.3. The lowest BCUT2D eigenvalue weighted by molar-refractivity contribution is -0.186. The molecule has 5 aromatic rings. The number of likely N-dealkylation sites (N-methyl/N-ethyl adjacent to an activating group) is 1. The number of benzene rings is 5. The lowest BCUT2D eigenvalue weighted by Gasteiger charge is -2.62. The van der Waals surface area contributed by atoms with Gasteiger partial charge in [0.25, 0.3) is 0 Å². The maximum atomic E-state index is 15.1. The molecule has 368 valence electrons.